The maximum absolute atomic E-state index is 11.9. The molecule has 1 amide bonds. The third-order valence-electron chi connectivity index (χ3n) is 3.55. The summed E-state index contributed by atoms with van der Waals surface area (Å²) in [6.45, 7) is 0. The number of carbonyl (C=O) groups excluding carboxylic acids is 1. The van der Waals surface area contributed by atoms with Crippen LogP contribution in [0.4, 0.5) is 0 Å². The molecule has 1 aliphatic heterocycles. The van der Waals surface area contributed by atoms with E-state index in [1.807, 2.05) is 54.6 Å². The van der Waals surface area contributed by atoms with E-state index in [-0.39, 0.29) is 11.7 Å². The molecule has 8 heteroatoms. The highest BCUT2D eigenvalue weighted by Gasteiger charge is 2.22. The fourth-order valence-corrected chi connectivity index (χ4v) is 5.29. The third-order valence-corrected chi connectivity index (χ3v) is 6.96. The summed E-state index contributed by atoms with van der Waals surface area (Å²) in [5, 5.41) is 11.5. The summed E-state index contributed by atoms with van der Waals surface area (Å²) in [4.78, 5) is 25.4. The number of hydrogen-bond donors (Lipinski definition) is 2. The standard InChI is InChI=1S/C19H15NO3S4/c21-17(22)11-26-15-8-4-2-6-13(15)10-25-14-7-3-1-5-12(14)9-16-18(23)20-19(24)27-16/h1-9H,10-11H2,(H,21,22)(H,20,23,24). The monoisotopic (exact) mass is 433 g/mol. The van der Waals surface area contributed by atoms with Gasteiger partial charge in [0.05, 0.1) is 10.7 Å². The first-order chi connectivity index (χ1) is 13.0. The molecule has 0 saturated carbocycles. The maximum Gasteiger partial charge on any atom is 0.313 e. The van der Waals surface area contributed by atoms with Crippen LogP contribution in [0.15, 0.2) is 63.2 Å². The van der Waals surface area contributed by atoms with E-state index in [1.165, 1.54) is 23.5 Å². The van der Waals surface area contributed by atoms with Gasteiger partial charge in [-0.05, 0) is 29.3 Å². The molecule has 0 radical (unpaired) electrons. The fraction of sp³-hybridized carbons (Fsp3) is 0.105. The van der Waals surface area contributed by atoms with E-state index in [0.29, 0.717) is 15.0 Å². The van der Waals surface area contributed by atoms with Crippen LogP contribution in [0, 0.1) is 0 Å². The first-order valence-corrected chi connectivity index (χ1v) is 11.1. The second-order valence-electron chi connectivity index (χ2n) is 5.47. The van der Waals surface area contributed by atoms with Gasteiger partial charge in [0.15, 0.2) is 0 Å². The Morgan fingerprint density at radius 2 is 1.81 bits per heavy atom. The van der Waals surface area contributed by atoms with Gasteiger partial charge in [0.2, 0.25) is 0 Å². The fourth-order valence-electron chi connectivity index (χ4n) is 2.35. The van der Waals surface area contributed by atoms with Crippen LogP contribution in [0.5, 0.6) is 0 Å². The maximum atomic E-state index is 11.9. The summed E-state index contributed by atoms with van der Waals surface area (Å²) in [6, 6.07) is 15.7. The second-order valence-corrected chi connectivity index (χ2v) is 9.22. The van der Waals surface area contributed by atoms with Crippen molar-refractivity contribution in [2.24, 2.45) is 0 Å². The molecule has 0 aliphatic carbocycles. The molecule has 1 heterocycles. The number of nitrogens with one attached hydrogen (secondary N) is 1. The molecule has 2 aromatic rings. The molecule has 1 fully saturated rings. The first kappa shape index (κ1) is 20.0. The van der Waals surface area contributed by atoms with Gasteiger partial charge < -0.3 is 10.4 Å². The van der Waals surface area contributed by atoms with Crippen molar-refractivity contribution in [2.75, 3.05) is 5.75 Å². The Balaban J connectivity index is 1.76. The Bertz CT molecular complexity index is 927. The molecule has 27 heavy (non-hydrogen) atoms. The van der Waals surface area contributed by atoms with Gasteiger partial charge in [0, 0.05) is 15.5 Å². The number of carboxylic acids is 1. The first-order valence-electron chi connectivity index (χ1n) is 7.92. The Kier molecular flexibility index (Phi) is 7.01. The van der Waals surface area contributed by atoms with E-state index in [4.69, 9.17) is 17.3 Å². The lowest BCUT2D eigenvalue weighted by molar-refractivity contribution is -0.133. The Labute approximate surface area is 175 Å². The molecule has 138 valence electrons. The van der Waals surface area contributed by atoms with Gasteiger partial charge in [-0.2, -0.15) is 0 Å². The highest BCUT2D eigenvalue weighted by atomic mass is 32.2. The molecule has 4 nitrogen and oxygen atoms in total. The highest BCUT2D eigenvalue weighted by molar-refractivity contribution is 8.26. The van der Waals surface area contributed by atoms with Crippen molar-refractivity contribution in [1.82, 2.24) is 5.32 Å². The van der Waals surface area contributed by atoms with Crippen molar-refractivity contribution in [3.63, 3.8) is 0 Å². The van der Waals surface area contributed by atoms with Crippen LogP contribution in [-0.4, -0.2) is 27.1 Å². The summed E-state index contributed by atoms with van der Waals surface area (Å²) in [7, 11) is 0. The van der Waals surface area contributed by atoms with Crippen LogP contribution in [0.25, 0.3) is 6.08 Å². The summed E-state index contributed by atoms with van der Waals surface area (Å²) < 4.78 is 0.473. The smallest absolute Gasteiger partial charge is 0.313 e. The molecular formula is C19H15NO3S4. The van der Waals surface area contributed by atoms with Crippen molar-refractivity contribution < 1.29 is 14.7 Å². The lowest BCUT2D eigenvalue weighted by Crippen LogP contribution is -2.17. The molecule has 1 aliphatic rings. The third kappa shape index (κ3) is 5.62. The van der Waals surface area contributed by atoms with E-state index in [9.17, 15) is 9.59 Å². The van der Waals surface area contributed by atoms with Gasteiger partial charge in [0.1, 0.15) is 4.32 Å². The highest BCUT2D eigenvalue weighted by Crippen LogP contribution is 2.33. The summed E-state index contributed by atoms with van der Waals surface area (Å²) in [5.41, 5.74) is 2.05. The predicted octanol–water partition coefficient (Wildman–Crippen LogP) is 4.64. The normalized spacial score (nSPS) is 15.2. The lowest BCUT2D eigenvalue weighted by atomic mass is 10.2. The van der Waals surface area contributed by atoms with Gasteiger partial charge in [-0.1, -0.05) is 60.4 Å². The summed E-state index contributed by atoms with van der Waals surface area (Å²) >= 11 is 9.28. The number of thiocarbonyl (C=S) groups is 1. The van der Waals surface area contributed by atoms with Crippen LogP contribution in [0.3, 0.4) is 0 Å². The summed E-state index contributed by atoms with van der Waals surface area (Å²) in [6.07, 6.45) is 1.85. The van der Waals surface area contributed by atoms with Crippen LogP contribution in [-0.2, 0) is 15.3 Å². The van der Waals surface area contributed by atoms with Crippen molar-refractivity contribution in [3.05, 3.63) is 64.6 Å². The summed E-state index contributed by atoms with van der Waals surface area (Å²) in [5.74, 6) is -0.248. The molecule has 0 aromatic heterocycles. The van der Waals surface area contributed by atoms with Crippen molar-refractivity contribution in [1.29, 1.82) is 0 Å². The second kappa shape index (κ2) is 9.45. The van der Waals surface area contributed by atoms with Crippen LogP contribution in [0.2, 0.25) is 0 Å². The van der Waals surface area contributed by atoms with Gasteiger partial charge in [-0.25, -0.2) is 0 Å². The number of benzene rings is 2. The quantitative estimate of drug-likeness (QED) is 0.374. The average Bonchev–Trinajstić information content (AvgIpc) is 2.97. The Hall–Kier alpha value is -1.74. The SMILES string of the molecule is O=C(O)CSc1ccccc1CSc1ccccc1C=C1SC(=S)NC1=O. The number of hydrogen-bond acceptors (Lipinski definition) is 6. The van der Waals surface area contributed by atoms with Gasteiger partial charge in [-0.3, -0.25) is 9.59 Å². The number of rotatable bonds is 7. The number of amides is 1. The number of carboxylic acid groups (broad SMARTS) is 1. The Morgan fingerprint density at radius 3 is 2.52 bits per heavy atom. The zero-order chi connectivity index (χ0) is 19.2. The van der Waals surface area contributed by atoms with Crippen molar-refractivity contribution in [2.45, 2.75) is 15.5 Å². The minimum absolute atomic E-state index is 0.0383. The molecule has 0 atom stereocenters. The lowest BCUT2D eigenvalue weighted by Gasteiger charge is -2.10. The van der Waals surface area contributed by atoms with Gasteiger partial charge in [-0.15, -0.1) is 23.5 Å². The van der Waals surface area contributed by atoms with Crippen LogP contribution < -0.4 is 5.32 Å². The largest absolute Gasteiger partial charge is 0.481 e. The minimum Gasteiger partial charge on any atom is -0.481 e. The van der Waals surface area contributed by atoms with Gasteiger partial charge in [0.25, 0.3) is 5.91 Å². The van der Waals surface area contributed by atoms with E-state index < -0.39 is 5.97 Å². The topological polar surface area (TPSA) is 66.4 Å². The number of carbonyl (C=O) groups is 2. The Morgan fingerprint density at radius 1 is 1.11 bits per heavy atom. The molecule has 0 bridgehead atoms. The average molecular weight is 434 g/mol. The van der Waals surface area contributed by atoms with Crippen LogP contribution >= 0.6 is 47.5 Å². The molecule has 2 N–H and O–H groups in total. The molecular weight excluding hydrogens is 418 g/mol. The van der Waals surface area contributed by atoms with Crippen LogP contribution in [0.1, 0.15) is 11.1 Å². The van der Waals surface area contributed by atoms with E-state index in [1.54, 1.807) is 11.8 Å². The zero-order valence-electron chi connectivity index (χ0n) is 14.0. The zero-order valence-corrected chi connectivity index (χ0v) is 17.3. The van der Waals surface area contributed by atoms with Crippen molar-refractivity contribution in [3.8, 4) is 0 Å². The van der Waals surface area contributed by atoms with E-state index in [2.05, 4.69) is 5.32 Å². The van der Waals surface area contributed by atoms with E-state index in [0.717, 1.165) is 20.9 Å². The molecule has 2 aromatic carbocycles. The number of aliphatic carboxylic acids is 1. The number of thioether (sulfide) groups is 3. The molecule has 3 rings (SSSR count). The molecule has 1 saturated heterocycles. The van der Waals surface area contributed by atoms with Crippen molar-refractivity contribution >= 4 is 69.8 Å². The molecule has 0 unspecified atom stereocenters. The molecule has 0 spiro atoms. The van der Waals surface area contributed by atoms with Gasteiger partial charge >= 0.3 is 5.97 Å². The van der Waals surface area contributed by atoms with E-state index >= 15 is 0 Å². The minimum atomic E-state index is -0.829. The predicted molar refractivity (Wildman–Crippen MR) is 117 cm³/mol.